The van der Waals surface area contributed by atoms with Crippen molar-refractivity contribution >= 4 is 9.45 Å². The van der Waals surface area contributed by atoms with Gasteiger partial charge >= 0.3 is 9.45 Å². The molecule has 0 aliphatic carbocycles. The van der Waals surface area contributed by atoms with E-state index in [-0.39, 0.29) is 0 Å². The lowest BCUT2D eigenvalue weighted by Crippen LogP contribution is -2.45. The van der Waals surface area contributed by atoms with Crippen LogP contribution in [0.1, 0.15) is 27.2 Å². The zero-order chi connectivity index (χ0) is 10.3. The monoisotopic (exact) mass is 205 g/mol. The van der Waals surface area contributed by atoms with Gasteiger partial charge in [-0.05, 0) is 25.4 Å². The highest BCUT2D eigenvalue weighted by Crippen LogP contribution is 2.03. The van der Waals surface area contributed by atoms with Crippen LogP contribution >= 0.6 is 0 Å². The second-order valence-corrected chi connectivity index (χ2v) is 5.95. The van der Waals surface area contributed by atoms with E-state index in [0.29, 0.717) is 5.92 Å². The van der Waals surface area contributed by atoms with Crippen molar-refractivity contribution in [2.24, 2.45) is 5.92 Å². The average molecular weight is 205 g/mol. The number of hydrogen-bond donors (Lipinski definition) is 0. The molecule has 3 nitrogen and oxygen atoms in total. The van der Waals surface area contributed by atoms with Gasteiger partial charge in [0.2, 0.25) is 0 Å². The summed E-state index contributed by atoms with van der Waals surface area (Å²) in [5.74, 6) is 0.673. The van der Waals surface area contributed by atoms with Crippen LogP contribution in [0, 0.1) is 5.92 Å². The van der Waals surface area contributed by atoms with Crippen LogP contribution in [-0.4, -0.2) is 41.3 Å². The standard InChI is InChI=1S/C9H23NO2Si/c1-6-7-10(8-9(2)3)13(11-4)12-5/h9,13H,6-8H2,1-5H3. The van der Waals surface area contributed by atoms with E-state index in [0.717, 1.165) is 19.5 Å². The third-order valence-corrected chi connectivity index (χ3v) is 3.68. The molecule has 0 saturated heterocycles. The molecule has 0 aliphatic heterocycles. The SMILES string of the molecule is CCCN(CC(C)C)[SiH](OC)OC. The molecule has 0 bridgehead atoms. The Morgan fingerprint density at radius 2 is 1.77 bits per heavy atom. The topological polar surface area (TPSA) is 21.7 Å². The summed E-state index contributed by atoms with van der Waals surface area (Å²) in [5.41, 5.74) is 0. The fourth-order valence-corrected chi connectivity index (χ4v) is 3.28. The first kappa shape index (κ1) is 13.1. The maximum atomic E-state index is 5.36. The Hall–Kier alpha value is 0.0969. The second kappa shape index (κ2) is 7.50. The van der Waals surface area contributed by atoms with Crippen molar-refractivity contribution in [1.29, 1.82) is 0 Å². The lowest BCUT2D eigenvalue weighted by atomic mass is 10.2. The van der Waals surface area contributed by atoms with Crippen molar-refractivity contribution < 1.29 is 8.85 Å². The van der Waals surface area contributed by atoms with E-state index in [9.17, 15) is 0 Å². The van der Waals surface area contributed by atoms with E-state index in [1.165, 1.54) is 0 Å². The van der Waals surface area contributed by atoms with Crippen molar-refractivity contribution in [3.63, 3.8) is 0 Å². The van der Waals surface area contributed by atoms with Crippen molar-refractivity contribution in [1.82, 2.24) is 4.57 Å². The highest BCUT2D eigenvalue weighted by atomic mass is 28.3. The summed E-state index contributed by atoms with van der Waals surface area (Å²) in [6, 6.07) is 0. The number of rotatable bonds is 7. The molecule has 0 aromatic heterocycles. The quantitative estimate of drug-likeness (QED) is 0.586. The fraction of sp³-hybridized carbons (Fsp3) is 1.00. The summed E-state index contributed by atoms with van der Waals surface area (Å²) in [7, 11) is 1.93. The Morgan fingerprint density at radius 1 is 1.23 bits per heavy atom. The molecule has 0 saturated carbocycles. The van der Waals surface area contributed by atoms with Crippen molar-refractivity contribution in [3.8, 4) is 0 Å². The van der Waals surface area contributed by atoms with Crippen LogP contribution < -0.4 is 0 Å². The molecule has 0 heterocycles. The maximum Gasteiger partial charge on any atom is 0.410 e. The van der Waals surface area contributed by atoms with Gasteiger partial charge in [0.15, 0.2) is 0 Å². The van der Waals surface area contributed by atoms with Gasteiger partial charge in [-0.2, -0.15) is 0 Å². The Labute approximate surface area is 83.9 Å². The van der Waals surface area contributed by atoms with Gasteiger partial charge in [-0.1, -0.05) is 20.8 Å². The molecule has 0 atom stereocenters. The summed E-state index contributed by atoms with van der Waals surface area (Å²) < 4.78 is 13.1. The van der Waals surface area contributed by atoms with Crippen LogP contribution in [0.25, 0.3) is 0 Å². The highest BCUT2D eigenvalue weighted by Gasteiger charge is 2.20. The fourth-order valence-electron chi connectivity index (χ4n) is 1.43. The molecule has 4 heteroatoms. The molecule has 0 aromatic carbocycles. The molecule has 0 spiro atoms. The maximum absolute atomic E-state index is 5.36. The Morgan fingerprint density at radius 3 is 2.08 bits per heavy atom. The van der Waals surface area contributed by atoms with Crippen LogP contribution in [0.4, 0.5) is 0 Å². The van der Waals surface area contributed by atoms with Gasteiger partial charge in [-0.3, -0.25) is 4.57 Å². The van der Waals surface area contributed by atoms with E-state index in [4.69, 9.17) is 8.85 Å². The predicted octanol–water partition coefficient (Wildman–Crippen LogP) is 1.36. The molecule has 0 amide bonds. The summed E-state index contributed by atoms with van der Waals surface area (Å²) in [6.45, 7) is 8.78. The molecular weight excluding hydrogens is 182 g/mol. The zero-order valence-electron chi connectivity index (χ0n) is 9.54. The van der Waals surface area contributed by atoms with Crippen LogP contribution in [-0.2, 0) is 8.85 Å². The van der Waals surface area contributed by atoms with Crippen molar-refractivity contribution in [3.05, 3.63) is 0 Å². The van der Waals surface area contributed by atoms with Crippen LogP contribution in [0.3, 0.4) is 0 Å². The normalized spacial score (nSPS) is 12.0. The van der Waals surface area contributed by atoms with Gasteiger partial charge in [-0.25, -0.2) is 0 Å². The summed E-state index contributed by atoms with van der Waals surface area (Å²) in [4.78, 5) is 0. The summed E-state index contributed by atoms with van der Waals surface area (Å²) in [6.07, 6.45) is 1.16. The lowest BCUT2D eigenvalue weighted by molar-refractivity contribution is 0.189. The minimum Gasteiger partial charge on any atom is -0.388 e. The van der Waals surface area contributed by atoms with E-state index in [1.807, 2.05) is 0 Å². The molecule has 0 aliphatic rings. The van der Waals surface area contributed by atoms with Gasteiger partial charge < -0.3 is 8.85 Å². The number of hydrogen-bond acceptors (Lipinski definition) is 3. The zero-order valence-corrected chi connectivity index (χ0v) is 10.7. The third-order valence-electron chi connectivity index (χ3n) is 1.81. The third kappa shape index (κ3) is 5.41. The van der Waals surface area contributed by atoms with E-state index >= 15 is 0 Å². The molecule has 0 fully saturated rings. The van der Waals surface area contributed by atoms with E-state index in [2.05, 4.69) is 25.3 Å². The van der Waals surface area contributed by atoms with Gasteiger partial charge in [0.05, 0.1) is 0 Å². The van der Waals surface area contributed by atoms with Crippen LogP contribution in [0.5, 0.6) is 0 Å². The first-order valence-electron chi connectivity index (χ1n) is 4.95. The largest absolute Gasteiger partial charge is 0.410 e. The molecule has 0 radical (unpaired) electrons. The molecule has 0 N–H and O–H groups in total. The highest BCUT2D eigenvalue weighted by molar-refractivity contribution is 6.40. The molecule has 80 valence electrons. The Bertz CT molecular complexity index is 118. The summed E-state index contributed by atoms with van der Waals surface area (Å²) in [5, 5.41) is 0. The Balaban J connectivity index is 4.03. The van der Waals surface area contributed by atoms with Gasteiger partial charge in [0.25, 0.3) is 0 Å². The number of nitrogens with zero attached hydrogens (tertiary/aromatic N) is 1. The average Bonchev–Trinajstić information content (AvgIpc) is 2.05. The smallest absolute Gasteiger partial charge is 0.388 e. The molecule has 0 unspecified atom stereocenters. The van der Waals surface area contributed by atoms with Crippen LogP contribution in [0.2, 0.25) is 0 Å². The van der Waals surface area contributed by atoms with Gasteiger partial charge in [-0.15, -0.1) is 0 Å². The summed E-state index contributed by atoms with van der Waals surface area (Å²) >= 11 is 0. The molecule has 13 heavy (non-hydrogen) atoms. The minimum atomic E-state index is -1.55. The first-order valence-corrected chi connectivity index (χ1v) is 6.41. The second-order valence-electron chi connectivity index (χ2n) is 3.67. The van der Waals surface area contributed by atoms with E-state index < -0.39 is 9.45 Å². The predicted molar refractivity (Wildman–Crippen MR) is 57.9 cm³/mol. The van der Waals surface area contributed by atoms with Crippen LogP contribution in [0.15, 0.2) is 0 Å². The molecule has 0 aromatic rings. The minimum absolute atomic E-state index is 0.673. The lowest BCUT2D eigenvalue weighted by Gasteiger charge is -2.28. The van der Waals surface area contributed by atoms with Gasteiger partial charge in [0, 0.05) is 14.2 Å². The Kier molecular flexibility index (Phi) is 7.55. The molecule has 0 rings (SSSR count). The van der Waals surface area contributed by atoms with Crippen molar-refractivity contribution in [2.75, 3.05) is 27.3 Å². The first-order chi connectivity index (χ1) is 6.15. The molecular formula is C9H23NO2Si. The van der Waals surface area contributed by atoms with Gasteiger partial charge in [0.1, 0.15) is 0 Å². The van der Waals surface area contributed by atoms with E-state index in [1.54, 1.807) is 14.2 Å². The van der Waals surface area contributed by atoms with Crippen molar-refractivity contribution in [2.45, 2.75) is 27.2 Å².